The van der Waals surface area contributed by atoms with Gasteiger partial charge in [-0.05, 0) is 45.7 Å². The van der Waals surface area contributed by atoms with Gasteiger partial charge in [0.25, 0.3) is 0 Å². The quantitative estimate of drug-likeness (QED) is 0.837. The van der Waals surface area contributed by atoms with E-state index in [0.29, 0.717) is 6.04 Å². The molecule has 0 bridgehead atoms. The van der Waals surface area contributed by atoms with Crippen molar-refractivity contribution in [3.63, 3.8) is 0 Å². The number of fused-ring (bicyclic) bond motifs is 1. The van der Waals surface area contributed by atoms with Crippen molar-refractivity contribution in [1.29, 1.82) is 0 Å². The maximum atomic E-state index is 4.46. The van der Waals surface area contributed by atoms with Gasteiger partial charge in [0, 0.05) is 45.3 Å². The number of anilines is 1. The van der Waals surface area contributed by atoms with E-state index in [1.807, 2.05) is 6.92 Å². The van der Waals surface area contributed by atoms with Crippen LogP contribution in [0.25, 0.3) is 5.65 Å². The third-order valence-corrected chi connectivity index (χ3v) is 6.05. The van der Waals surface area contributed by atoms with E-state index in [2.05, 4.69) is 50.0 Å². The lowest BCUT2D eigenvalue weighted by molar-refractivity contribution is 0.0814. The van der Waals surface area contributed by atoms with Gasteiger partial charge in [-0.3, -0.25) is 4.90 Å². The number of hydrogen-bond donors (Lipinski definition) is 0. The summed E-state index contributed by atoms with van der Waals surface area (Å²) in [6.07, 6.45) is 4.18. The fourth-order valence-corrected chi connectivity index (χ4v) is 4.32. The molecule has 0 amide bonds. The lowest BCUT2D eigenvalue weighted by Gasteiger charge is -2.43. The molecular formula is C18H29N7. The Morgan fingerprint density at radius 3 is 2.52 bits per heavy atom. The summed E-state index contributed by atoms with van der Waals surface area (Å²) in [5.74, 6) is 0.788. The van der Waals surface area contributed by atoms with Crippen molar-refractivity contribution in [3.05, 3.63) is 18.1 Å². The Balaban J connectivity index is 1.42. The summed E-state index contributed by atoms with van der Waals surface area (Å²) in [5, 5.41) is 12.7. The number of piperidine rings is 1. The van der Waals surface area contributed by atoms with Crippen LogP contribution in [0.5, 0.6) is 0 Å². The molecular weight excluding hydrogens is 314 g/mol. The van der Waals surface area contributed by atoms with E-state index >= 15 is 0 Å². The van der Waals surface area contributed by atoms with E-state index in [0.717, 1.165) is 30.3 Å². The predicted molar refractivity (Wildman–Crippen MR) is 99.0 cm³/mol. The van der Waals surface area contributed by atoms with Crippen molar-refractivity contribution in [2.75, 3.05) is 51.2 Å². The van der Waals surface area contributed by atoms with Gasteiger partial charge >= 0.3 is 0 Å². The van der Waals surface area contributed by atoms with Crippen molar-refractivity contribution < 1.29 is 0 Å². The van der Waals surface area contributed by atoms with Crippen molar-refractivity contribution in [3.8, 4) is 0 Å². The van der Waals surface area contributed by atoms with Gasteiger partial charge in [0.15, 0.2) is 0 Å². The lowest BCUT2D eigenvalue weighted by Crippen LogP contribution is -2.51. The minimum Gasteiger partial charge on any atom is -0.368 e. The summed E-state index contributed by atoms with van der Waals surface area (Å²) in [7, 11) is 2.22. The van der Waals surface area contributed by atoms with Gasteiger partial charge < -0.3 is 9.80 Å². The average Bonchev–Trinajstić information content (AvgIpc) is 3.09. The lowest BCUT2D eigenvalue weighted by atomic mass is 9.89. The van der Waals surface area contributed by atoms with Crippen LogP contribution in [0.2, 0.25) is 0 Å². The number of aryl methyl sites for hydroxylation is 1. The van der Waals surface area contributed by atoms with Gasteiger partial charge in [-0.2, -0.15) is 9.61 Å². The first kappa shape index (κ1) is 16.7. The van der Waals surface area contributed by atoms with Crippen molar-refractivity contribution >= 4 is 11.3 Å². The first-order valence-corrected chi connectivity index (χ1v) is 9.47. The van der Waals surface area contributed by atoms with E-state index in [-0.39, 0.29) is 0 Å². The minimum absolute atomic E-state index is 0.683. The highest BCUT2D eigenvalue weighted by molar-refractivity contribution is 5.68. The molecule has 0 saturated carbocycles. The van der Waals surface area contributed by atoms with E-state index in [4.69, 9.17) is 0 Å². The maximum Gasteiger partial charge on any atom is 0.200 e. The van der Waals surface area contributed by atoms with Gasteiger partial charge in [-0.1, -0.05) is 0 Å². The zero-order valence-electron chi connectivity index (χ0n) is 15.6. The highest BCUT2D eigenvalue weighted by atomic mass is 15.4. The second-order valence-electron chi connectivity index (χ2n) is 7.67. The molecule has 25 heavy (non-hydrogen) atoms. The van der Waals surface area contributed by atoms with Gasteiger partial charge in [0.1, 0.15) is 6.33 Å². The Kier molecular flexibility index (Phi) is 4.60. The predicted octanol–water partition coefficient (Wildman–Crippen LogP) is 1.29. The number of aromatic nitrogens is 4. The topological polar surface area (TPSA) is 52.8 Å². The summed E-state index contributed by atoms with van der Waals surface area (Å²) in [4.78, 5) is 7.58. The summed E-state index contributed by atoms with van der Waals surface area (Å²) in [6, 6.07) is 2.83. The molecule has 0 spiro atoms. The first-order chi connectivity index (χ1) is 12.1. The number of likely N-dealkylation sites (N-methyl/N-ethyl adjacent to an activating group) is 1. The first-order valence-electron chi connectivity index (χ1n) is 9.47. The summed E-state index contributed by atoms with van der Waals surface area (Å²) in [5.41, 5.74) is 3.06. The standard InChI is InChI=1S/C18H29N7/c1-14-12-17(18-20-19-13-25(18)21-14)24-6-4-16(5-7-24)15(2)23-10-8-22(3)9-11-23/h12-13,15-16H,4-11H2,1-3H3. The molecule has 2 aromatic rings. The van der Waals surface area contributed by atoms with Gasteiger partial charge in [0.2, 0.25) is 5.65 Å². The van der Waals surface area contributed by atoms with Crippen molar-refractivity contribution in [2.45, 2.75) is 32.7 Å². The van der Waals surface area contributed by atoms with Crippen molar-refractivity contribution in [2.24, 2.45) is 5.92 Å². The molecule has 2 aliphatic rings. The Bertz CT molecular complexity index is 711. The molecule has 2 saturated heterocycles. The smallest absolute Gasteiger partial charge is 0.200 e. The van der Waals surface area contributed by atoms with Crippen LogP contribution in [0.3, 0.4) is 0 Å². The van der Waals surface area contributed by atoms with Crippen LogP contribution in [-0.2, 0) is 0 Å². The molecule has 2 aliphatic heterocycles. The molecule has 0 aliphatic carbocycles. The summed E-state index contributed by atoms with van der Waals surface area (Å²) >= 11 is 0. The van der Waals surface area contributed by atoms with Crippen molar-refractivity contribution in [1.82, 2.24) is 29.6 Å². The number of hydrogen-bond acceptors (Lipinski definition) is 6. The Labute approximate surface area is 149 Å². The number of piperazine rings is 1. The Morgan fingerprint density at radius 2 is 1.80 bits per heavy atom. The molecule has 1 atom stereocenters. The molecule has 4 heterocycles. The molecule has 7 heteroatoms. The third kappa shape index (κ3) is 3.35. The normalized spacial score (nSPS) is 22.6. The minimum atomic E-state index is 0.683. The highest BCUT2D eigenvalue weighted by Crippen LogP contribution is 2.29. The van der Waals surface area contributed by atoms with Crippen LogP contribution in [-0.4, -0.2) is 82.0 Å². The average molecular weight is 343 g/mol. The second kappa shape index (κ2) is 6.88. The van der Waals surface area contributed by atoms with E-state index in [1.165, 1.54) is 44.7 Å². The van der Waals surface area contributed by atoms with Gasteiger partial charge in [-0.25, -0.2) is 0 Å². The van der Waals surface area contributed by atoms with Crippen LogP contribution in [0, 0.1) is 12.8 Å². The second-order valence-corrected chi connectivity index (χ2v) is 7.67. The van der Waals surface area contributed by atoms with Crippen LogP contribution < -0.4 is 4.90 Å². The number of rotatable bonds is 3. The van der Waals surface area contributed by atoms with Crippen LogP contribution in [0.15, 0.2) is 12.4 Å². The third-order valence-electron chi connectivity index (χ3n) is 6.05. The van der Waals surface area contributed by atoms with E-state index < -0.39 is 0 Å². The fraction of sp³-hybridized carbons (Fsp3) is 0.722. The molecule has 136 valence electrons. The highest BCUT2D eigenvalue weighted by Gasteiger charge is 2.30. The Morgan fingerprint density at radius 1 is 1.08 bits per heavy atom. The Hall–Kier alpha value is -1.73. The largest absolute Gasteiger partial charge is 0.368 e. The monoisotopic (exact) mass is 343 g/mol. The van der Waals surface area contributed by atoms with Crippen LogP contribution in [0.1, 0.15) is 25.5 Å². The molecule has 2 aromatic heterocycles. The van der Waals surface area contributed by atoms with Gasteiger partial charge in [-0.15, -0.1) is 10.2 Å². The zero-order valence-corrected chi connectivity index (χ0v) is 15.6. The van der Waals surface area contributed by atoms with Gasteiger partial charge in [0.05, 0.1) is 11.4 Å². The zero-order chi connectivity index (χ0) is 17.4. The summed E-state index contributed by atoms with van der Waals surface area (Å²) in [6.45, 7) is 11.5. The maximum absolute atomic E-state index is 4.46. The molecule has 4 rings (SSSR count). The molecule has 2 fully saturated rings. The van der Waals surface area contributed by atoms with Crippen LogP contribution in [0.4, 0.5) is 5.69 Å². The van der Waals surface area contributed by atoms with Crippen LogP contribution >= 0.6 is 0 Å². The summed E-state index contributed by atoms with van der Waals surface area (Å²) < 4.78 is 1.80. The SMILES string of the molecule is Cc1cc(N2CCC(C(C)N3CCN(C)CC3)CC2)c2nncn2n1. The fourth-order valence-electron chi connectivity index (χ4n) is 4.32. The van der Waals surface area contributed by atoms with E-state index in [9.17, 15) is 0 Å². The molecule has 0 N–H and O–H groups in total. The molecule has 1 unspecified atom stereocenters. The number of nitrogens with zero attached hydrogens (tertiary/aromatic N) is 7. The molecule has 0 radical (unpaired) electrons. The molecule has 7 nitrogen and oxygen atoms in total. The molecule has 0 aromatic carbocycles. The van der Waals surface area contributed by atoms with E-state index in [1.54, 1.807) is 10.8 Å².